The number of piperazine rings is 1. The molecular formula is C18H22ClN3. The lowest BCUT2D eigenvalue weighted by Crippen LogP contribution is -2.49. The van der Waals surface area contributed by atoms with Crippen molar-refractivity contribution in [3.8, 4) is 11.1 Å². The molecule has 0 saturated carbocycles. The average molecular weight is 316 g/mol. The van der Waals surface area contributed by atoms with Crippen molar-refractivity contribution in [2.45, 2.75) is 19.9 Å². The molecule has 3 rings (SSSR count). The van der Waals surface area contributed by atoms with E-state index < -0.39 is 0 Å². The van der Waals surface area contributed by atoms with E-state index >= 15 is 0 Å². The molecule has 0 spiro atoms. The van der Waals surface area contributed by atoms with E-state index in [-0.39, 0.29) is 0 Å². The second-order valence-electron chi connectivity index (χ2n) is 6.03. The standard InChI is InChI=1S/C18H22ClN3/c1-14(2)21-9-11-22(12-10-21)18-8-5-16(13-20-18)15-3-6-17(19)7-4-15/h3-8,13-14H,9-12H2,1-2H3. The van der Waals surface area contributed by atoms with E-state index in [0.717, 1.165) is 48.1 Å². The molecule has 1 fully saturated rings. The van der Waals surface area contributed by atoms with Crippen LogP contribution in [-0.4, -0.2) is 42.1 Å². The molecule has 0 atom stereocenters. The number of hydrogen-bond donors (Lipinski definition) is 0. The van der Waals surface area contributed by atoms with Gasteiger partial charge < -0.3 is 4.90 Å². The van der Waals surface area contributed by atoms with E-state index in [1.54, 1.807) is 0 Å². The van der Waals surface area contributed by atoms with Gasteiger partial charge in [-0.05, 0) is 43.7 Å². The first-order valence-corrected chi connectivity index (χ1v) is 8.22. The predicted octanol–water partition coefficient (Wildman–Crippen LogP) is 3.93. The highest BCUT2D eigenvalue weighted by Gasteiger charge is 2.19. The highest BCUT2D eigenvalue weighted by molar-refractivity contribution is 6.30. The van der Waals surface area contributed by atoms with E-state index in [1.807, 2.05) is 30.5 Å². The molecule has 1 aliphatic heterocycles. The van der Waals surface area contributed by atoms with Crippen molar-refractivity contribution in [3.63, 3.8) is 0 Å². The summed E-state index contributed by atoms with van der Waals surface area (Å²) in [4.78, 5) is 9.52. The second kappa shape index (κ2) is 6.67. The van der Waals surface area contributed by atoms with Gasteiger partial charge in [-0.1, -0.05) is 23.7 Å². The lowest BCUT2D eigenvalue weighted by atomic mass is 10.1. The Bertz CT molecular complexity index is 599. The molecule has 1 aromatic carbocycles. The Morgan fingerprint density at radius 1 is 0.909 bits per heavy atom. The van der Waals surface area contributed by atoms with Crippen LogP contribution in [0.4, 0.5) is 5.82 Å². The molecule has 2 heterocycles. The Balaban J connectivity index is 1.68. The minimum atomic E-state index is 0.627. The zero-order valence-corrected chi connectivity index (χ0v) is 13.9. The smallest absolute Gasteiger partial charge is 0.128 e. The quantitative estimate of drug-likeness (QED) is 0.855. The van der Waals surface area contributed by atoms with E-state index in [0.29, 0.717) is 6.04 Å². The van der Waals surface area contributed by atoms with Crippen LogP contribution in [0.3, 0.4) is 0 Å². The summed E-state index contributed by atoms with van der Waals surface area (Å²) in [6.07, 6.45) is 1.95. The Morgan fingerprint density at radius 2 is 1.55 bits per heavy atom. The van der Waals surface area contributed by atoms with Crippen LogP contribution in [0, 0.1) is 0 Å². The summed E-state index contributed by atoms with van der Waals surface area (Å²) in [6.45, 7) is 8.83. The van der Waals surface area contributed by atoms with Gasteiger partial charge in [0.25, 0.3) is 0 Å². The third-order valence-corrected chi connectivity index (χ3v) is 4.55. The minimum absolute atomic E-state index is 0.627. The van der Waals surface area contributed by atoms with Crippen molar-refractivity contribution in [3.05, 3.63) is 47.6 Å². The number of anilines is 1. The van der Waals surface area contributed by atoms with Gasteiger partial charge in [0.2, 0.25) is 0 Å². The second-order valence-corrected chi connectivity index (χ2v) is 6.47. The molecule has 2 aromatic rings. The van der Waals surface area contributed by atoms with Gasteiger partial charge in [-0.3, -0.25) is 4.90 Å². The van der Waals surface area contributed by atoms with Crippen LogP contribution in [0.1, 0.15) is 13.8 Å². The van der Waals surface area contributed by atoms with Gasteiger partial charge in [-0.25, -0.2) is 4.98 Å². The van der Waals surface area contributed by atoms with E-state index in [9.17, 15) is 0 Å². The lowest BCUT2D eigenvalue weighted by Gasteiger charge is -2.37. The fraction of sp³-hybridized carbons (Fsp3) is 0.389. The van der Waals surface area contributed by atoms with Gasteiger partial charge in [0.1, 0.15) is 5.82 Å². The lowest BCUT2D eigenvalue weighted by molar-refractivity contribution is 0.209. The summed E-state index contributed by atoms with van der Waals surface area (Å²) < 4.78 is 0. The van der Waals surface area contributed by atoms with Gasteiger partial charge >= 0.3 is 0 Å². The van der Waals surface area contributed by atoms with Crippen LogP contribution in [0.25, 0.3) is 11.1 Å². The molecule has 1 aromatic heterocycles. The van der Waals surface area contributed by atoms with Crippen LogP contribution in [0.15, 0.2) is 42.6 Å². The summed E-state index contributed by atoms with van der Waals surface area (Å²) in [7, 11) is 0. The van der Waals surface area contributed by atoms with Crippen molar-refractivity contribution in [2.75, 3.05) is 31.1 Å². The van der Waals surface area contributed by atoms with E-state index in [4.69, 9.17) is 11.6 Å². The van der Waals surface area contributed by atoms with E-state index in [1.165, 1.54) is 0 Å². The van der Waals surface area contributed by atoms with Crippen molar-refractivity contribution < 1.29 is 0 Å². The first-order chi connectivity index (χ1) is 10.6. The Labute approximate surface area is 137 Å². The Hall–Kier alpha value is -1.58. The highest BCUT2D eigenvalue weighted by atomic mass is 35.5. The zero-order chi connectivity index (χ0) is 15.5. The van der Waals surface area contributed by atoms with Crippen LogP contribution < -0.4 is 4.90 Å². The number of nitrogens with zero attached hydrogens (tertiary/aromatic N) is 3. The first kappa shape index (κ1) is 15.3. The monoisotopic (exact) mass is 315 g/mol. The fourth-order valence-electron chi connectivity index (χ4n) is 2.85. The summed E-state index contributed by atoms with van der Waals surface area (Å²) in [5.41, 5.74) is 2.27. The van der Waals surface area contributed by atoms with Gasteiger partial charge in [0, 0.05) is 49.0 Å². The Kier molecular flexibility index (Phi) is 4.65. The maximum atomic E-state index is 5.93. The molecule has 0 unspecified atom stereocenters. The number of benzene rings is 1. The number of hydrogen-bond acceptors (Lipinski definition) is 3. The molecule has 4 heteroatoms. The maximum Gasteiger partial charge on any atom is 0.128 e. The van der Waals surface area contributed by atoms with Crippen LogP contribution in [0.5, 0.6) is 0 Å². The fourth-order valence-corrected chi connectivity index (χ4v) is 2.98. The maximum absolute atomic E-state index is 5.93. The third-order valence-electron chi connectivity index (χ3n) is 4.29. The molecule has 1 saturated heterocycles. The summed E-state index contributed by atoms with van der Waals surface area (Å²) in [6, 6.07) is 12.8. The molecule has 22 heavy (non-hydrogen) atoms. The Morgan fingerprint density at radius 3 is 2.09 bits per heavy atom. The van der Waals surface area contributed by atoms with Crippen LogP contribution >= 0.6 is 11.6 Å². The van der Waals surface area contributed by atoms with Gasteiger partial charge in [-0.15, -0.1) is 0 Å². The normalized spacial score (nSPS) is 16.3. The van der Waals surface area contributed by atoms with Crippen molar-refractivity contribution in [2.24, 2.45) is 0 Å². The van der Waals surface area contributed by atoms with Crippen LogP contribution in [-0.2, 0) is 0 Å². The summed E-state index contributed by atoms with van der Waals surface area (Å²) >= 11 is 5.93. The molecule has 0 bridgehead atoms. The van der Waals surface area contributed by atoms with Gasteiger partial charge in [-0.2, -0.15) is 0 Å². The number of aromatic nitrogens is 1. The topological polar surface area (TPSA) is 19.4 Å². The molecule has 0 N–H and O–H groups in total. The van der Waals surface area contributed by atoms with Crippen molar-refractivity contribution >= 4 is 17.4 Å². The van der Waals surface area contributed by atoms with Crippen molar-refractivity contribution in [1.29, 1.82) is 0 Å². The third kappa shape index (κ3) is 3.42. The first-order valence-electron chi connectivity index (χ1n) is 7.84. The zero-order valence-electron chi connectivity index (χ0n) is 13.2. The largest absolute Gasteiger partial charge is 0.354 e. The SMILES string of the molecule is CC(C)N1CCN(c2ccc(-c3ccc(Cl)cc3)cn2)CC1. The number of halogens is 1. The number of pyridine rings is 1. The van der Waals surface area contributed by atoms with Crippen LogP contribution in [0.2, 0.25) is 5.02 Å². The average Bonchev–Trinajstić information content (AvgIpc) is 2.56. The minimum Gasteiger partial charge on any atom is -0.354 e. The predicted molar refractivity (Wildman–Crippen MR) is 93.6 cm³/mol. The number of rotatable bonds is 3. The van der Waals surface area contributed by atoms with Crippen molar-refractivity contribution in [1.82, 2.24) is 9.88 Å². The molecule has 1 aliphatic rings. The molecule has 116 valence electrons. The highest BCUT2D eigenvalue weighted by Crippen LogP contribution is 2.23. The molecular weight excluding hydrogens is 294 g/mol. The molecule has 0 aliphatic carbocycles. The molecule has 3 nitrogen and oxygen atoms in total. The van der Waals surface area contributed by atoms with Gasteiger partial charge in [0.15, 0.2) is 0 Å². The molecule has 0 amide bonds. The van der Waals surface area contributed by atoms with Gasteiger partial charge in [0.05, 0.1) is 0 Å². The van der Waals surface area contributed by atoms with E-state index in [2.05, 4.69) is 40.8 Å². The molecule has 0 radical (unpaired) electrons. The summed E-state index contributed by atoms with van der Waals surface area (Å²) in [5, 5.41) is 0.761. The summed E-state index contributed by atoms with van der Waals surface area (Å²) in [5.74, 6) is 1.07.